The van der Waals surface area contributed by atoms with Gasteiger partial charge in [0.25, 0.3) is 0 Å². The number of para-hydroxylation sites is 1. The van der Waals surface area contributed by atoms with Gasteiger partial charge in [-0.2, -0.15) is 0 Å². The fraction of sp³-hybridized carbons (Fsp3) is 0.333. The fourth-order valence-electron chi connectivity index (χ4n) is 2.17. The summed E-state index contributed by atoms with van der Waals surface area (Å²) in [5.41, 5.74) is 3.57. The number of rotatable bonds is 7. The topological polar surface area (TPSA) is 30.5 Å². The molecule has 0 spiro atoms. The smallest absolute Gasteiger partial charge is 0.161 e. The molecular formula is C18H23NO2. The Bertz CT molecular complexity index is 581. The van der Waals surface area contributed by atoms with Crippen LogP contribution in [-0.2, 0) is 6.54 Å². The second-order valence-electron chi connectivity index (χ2n) is 4.82. The van der Waals surface area contributed by atoms with Crippen molar-refractivity contribution in [3.8, 4) is 11.5 Å². The SMILES string of the molecule is CCOc1ccc(CNc2ccccc2C)cc1OCC. The molecule has 0 aliphatic carbocycles. The first-order valence-electron chi connectivity index (χ1n) is 7.42. The van der Waals surface area contributed by atoms with Crippen LogP contribution in [-0.4, -0.2) is 13.2 Å². The van der Waals surface area contributed by atoms with Crippen molar-refractivity contribution in [2.45, 2.75) is 27.3 Å². The quantitative estimate of drug-likeness (QED) is 0.817. The normalized spacial score (nSPS) is 10.2. The van der Waals surface area contributed by atoms with Crippen molar-refractivity contribution in [2.75, 3.05) is 18.5 Å². The molecule has 0 saturated heterocycles. The molecule has 0 aromatic heterocycles. The summed E-state index contributed by atoms with van der Waals surface area (Å²) in [6, 6.07) is 14.4. The summed E-state index contributed by atoms with van der Waals surface area (Å²) in [5, 5.41) is 3.45. The lowest BCUT2D eigenvalue weighted by molar-refractivity contribution is 0.287. The average Bonchev–Trinajstić information content (AvgIpc) is 2.49. The Labute approximate surface area is 126 Å². The van der Waals surface area contributed by atoms with Crippen LogP contribution in [0, 0.1) is 6.92 Å². The van der Waals surface area contributed by atoms with Gasteiger partial charge >= 0.3 is 0 Å². The molecule has 21 heavy (non-hydrogen) atoms. The number of anilines is 1. The van der Waals surface area contributed by atoms with Gasteiger partial charge in [0.2, 0.25) is 0 Å². The molecule has 0 atom stereocenters. The van der Waals surface area contributed by atoms with E-state index in [1.807, 2.05) is 38.1 Å². The molecule has 3 heteroatoms. The minimum Gasteiger partial charge on any atom is -0.490 e. The predicted octanol–water partition coefficient (Wildman–Crippen LogP) is 4.40. The largest absolute Gasteiger partial charge is 0.490 e. The molecule has 2 rings (SSSR count). The highest BCUT2D eigenvalue weighted by atomic mass is 16.5. The van der Waals surface area contributed by atoms with Crippen molar-refractivity contribution < 1.29 is 9.47 Å². The van der Waals surface area contributed by atoms with E-state index in [1.54, 1.807) is 0 Å². The van der Waals surface area contributed by atoms with Gasteiger partial charge in [-0.3, -0.25) is 0 Å². The molecule has 0 aliphatic heterocycles. The Morgan fingerprint density at radius 2 is 1.62 bits per heavy atom. The van der Waals surface area contributed by atoms with Crippen molar-refractivity contribution in [1.82, 2.24) is 0 Å². The number of aryl methyl sites for hydroxylation is 1. The van der Waals surface area contributed by atoms with Crippen molar-refractivity contribution >= 4 is 5.69 Å². The first kappa shape index (κ1) is 15.2. The molecule has 0 radical (unpaired) electrons. The molecular weight excluding hydrogens is 262 g/mol. The summed E-state index contributed by atoms with van der Waals surface area (Å²) in [5.74, 6) is 1.61. The summed E-state index contributed by atoms with van der Waals surface area (Å²) in [6.45, 7) is 8.09. The van der Waals surface area contributed by atoms with Gasteiger partial charge in [0.1, 0.15) is 0 Å². The van der Waals surface area contributed by atoms with Crippen LogP contribution in [0.15, 0.2) is 42.5 Å². The highest BCUT2D eigenvalue weighted by molar-refractivity contribution is 5.51. The number of ether oxygens (including phenoxy) is 2. The maximum atomic E-state index is 5.65. The minimum atomic E-state index is 0.634. The lowest BCUT2D eigenvalue weighted by Gasteiger charge is -2.14. The lowest BCUT2D eigenvalue weighted by atomic mass is 10.1. The van der Waals surface area contributed by atoms with E-state index in [0.717, 1.165) is 23.7 Å². The first-order chi connectivity index (χ1) is 10.2. The Balaban J connectivity index is 2.10. The highest BCUT2D eigenvalue weighted by Crippen LogP contribution is 2.29. The summed E-state index contributed by atoms with van der Waals surface area (Å²) >= 11 is 0. The average molecular weight is 285 g/mol. The summed E-state index contributed by atoms with van der Waals surface area (Å²) in [4.78, 5) is 0. The van der Waals surface area contributed by atoms with Gasteiger partial charge in [0.15, 0.2) is 11.5 Å². The Morgan fingerprint density at radius 3 is 2.33 bits per heavy atom. The molecule has 112 valence electrons. The van der Waals surface area contributed by atoms with Crippen LogP contribution < -0.4 is 14.8 Å². The number of benzene rings is 2. The zero-order valence-corrected chi connectivity index (χ0v) is 13.0. The Kier molecular flexibility index (Phi) is 5.50. The van der Waals surface area contributed by atoms with Crippen LogP contribution >= 0.6 is 0 Å². The van der Waals surface area contributed by atoms with E-state index in [-0.39, 0.29) is 0 Å². The third kappa shape index (κ3) is 4.15. The van der Waals surface area contributed by atoms with Crippen molar-refractivity contribution in [3.05, 3.63) is 53.6 Å². The van der Waals surface area contributed by atoms with Crippen LogP contribution in [0.2, 0.25) is 0 Å². The van der Waals surface area contributed by atoms with E-state index >= 15 is 0 Å². The van der Waals surface area contributed by atoms with E-state index in [9.17, 15) is 0 Å². The highest BCUT2D eigenvalue weighted by Gasteiger charge is 2.06. The Morgan fingerprint density at radius 1 is 0.905 bits per heavy atom. The number of hydrogen-bond donors (Lipinski definition) is 1. The van der Waals surface area contributed by atoms with Crippen LogP contribution in [0.1, 0.15) is 25.0 Å². The van der Waals surface area contributed by atoms with Gasteiger partial charge in [0.05, 0.1) is 13.2 Å². The number of nitrogens with one attached hydrogen (secondary N) is 1. The third-order valence-corrected chi connectivity index (χ3v) is 3.24. The molecule has 0 bridgehead atoms. The van der Waals surface area contributed by atoms with Gasteiger partial charge in [-0.1, -0.05) is 24.3 Å². The van der Waals surface area contributed by atoms with Crippen molar-refractivity contribution in [3.63, 3.8) is 0 Å². The molecule has 0 unspecified atom stereocenters. The van der Waals surface area contributed by atoms with E-state index in [4.69, 9.17) is 9.47 Å². The lowest BCUT2D eigenvalue weighted by Crippen LogP contribution is -2.03. The van der Waals surface area contributed by atoms with Gasteiger partial charge in [-0.15, -0.1) is 0 Å². The van der Waals surface area contributed by atoms with Gasteiger partial charge in [-0.05, 0) is 50.1 Å². The molecule has 1 N–H and O–H groups in total. The monoisotopic (exact) mass is 285 g/mol. The predicted molar refractivity (Wildman–Crippen MR) is 87.3 cm³/mol. The van der Waals surface area contributed by atoms with Crippen LogP contribution in [0.25, 0.3) is 0 Å². The summed E-state index contributed by atoms with van der Waals surface area (Å²) in [6.07, 6.45) is 0. The van der Waals surface area contributed by atoms with Gasteiger partial charge in [0, 0.05) is 12.2 Å². The molecule has 0 heterocycles. The second kappa shape index (κ2) is 7.58. The van der Waals surface area contributed by atoms with Gasteiger partial charge < -0.3 is 14.8 Å². The maximum absolute atomic E-state index is 5.65. The standard InChI is InChI=1S/C18H23NO2/c1-4-20-17-11-10-15(12-18(17)21-5-2)13-19-16-9-7-6-8-14(16)3/h6-12,19H,4-5,13H2,1-3H3. The maximum Gasteiger partial charge on any atom is 0.161 e. The van der Waals surface area contributed by atoms with E-state index in [2.05, 4.69) is 30.4 Å². The molecule has 2 aromatic rings. The molecule has 0 saturated carbocycles. The molecule has 0 aliphatic rings. The van der Waals surface area contributed by atoms with Crippen LogP contribution in [0.4, 0.5) is 5.69 Å². The zero-order chi connectivity index (χ0) is 15.1. The van der Waals surface area contributed by atoms with E-state index < -0.39 is 0 Å². The second-order valence-corrected chi connectivity index (χ2v) is 4.82. The molecule has 2 aromatic carbocycles. The van der Waals surface area contributed by atoms with Crippen molar-refractivity contribution in [2.24, 2.45) is 0 Å². The fourth-order valence-corrected chi connectivity index (χ4v) is 2.17. The summed E-state index contributed by atoms with van der Waals surface area (Å²) in [7, 11) is 0. The van der Waals surface area contributed by atoms with Crippen molar-refractivity contribution in [1.29, 1.82) is 0 Å². The van der Waals surface area contributed by atoms with E-state index in [0.29, 0.717) is 13.2 Å². The Hall–Kier alpha value is -2.16. The van der Waals surface area contributed by atoms with Crippen LogP contribution in [0.5, 0.6) is 11.5 Å². The molecule has 0 fully saturated rings. The third-order valence-electron chi connectivity index (χ3n) is 3.24. The minimum absolute atomic E-state index is 0.634. The molecule has 3 nitrogen and oxygen atoms in total. The van der Waals surface area contributed by atoms with E-state index in [1.165, 1.54) is 11.1 Å². The first-order valence-corrected chi connectivity index (χ1v) is 7.42. The summed E-state index contributed by atoms with van der Waals surface area (Å²) < 4.78 is 11.2. The van der Waals surface area contributed by atoms with Crippen LogP contribution in [0.3, 0.4) is 0 Å². The van der Waals surface area contributed by atoms with Gasteiger partial charge in [-0.25, -0.2) is 0 Å². The zero-order valence-electron chi connectivity index (χ0n) is 13.0. The number of hydrogen-bond acceptors (Lipinski definition) is 3. The molecule has 0 amide bonds.